The molecule has 0 bridgehead atoms. The van der Waals surface area contributed by atoms with Crippen molar-refractivity contribution in [2.75, 3.05) is 20.3 Å². The van der Waals surface area contributed by atoms with E-state index in [2.05, 4.69) is 27.3 Å². The van der Waals surface area contributed by atoms with Crippen LogP contribution in [0.15, 0.2) is 40.4 Å². The average Bonchev–Trinajstić information content (AvgIpc) is 2.65. The molecule has 0 atom stereocenters. The Hall–Kier alpha value is -2.08. The van der Waals surface area contributed by atoms with Crippen LogP contribution in [0.4, 0.5) is 0 Å². The molecule has 0 saturated heterocycles. The van der Waals surface area contributed by atoms with E-state index < -0.39 is 5.97 Å². The largest absolute Gasteiger partial charge is 0.496 e. The second-order valence-corrected chi connectivity index (χ2v) is 6.95. The highest BCUT2D eigenvalue weighted by Gasteiger charge is 2.07. The number of benzene rings is 1. The summed E-state index contributed by atoms with van der Waals surface area (Å²) in [5, 5.41) is 2.78. The third-order valence-corrected chi connectivity index (χ3v) is 4.58. The highest BCUT2D eigenvalue weighted by Crippen LogP contribution is 2.24. The summed E-state index contributed by atoms with van der Waals surface area (Å²) in [5.74, 6) is -0.215. The molecule has 1 N–H and O–H groups in total. The van der Waals surface area contributed by atoms with Gasteiger partial charge in [-0.15, -0.1) is 0 Å². The summed E-state index contributed by atoms with van der Waals surface area (Å²) in [4.78, 5) is 23.5. The lowest BCUT2D eigenvalue weighted by Gasteiger charge is -2.12. The van der Waals surface area contributed by atoms with E-state index in [9.17, 15) is 9.59 Å². The first kappa shape index (κ1) is 20.2. The van der Waals surface area contributed by atoms with Crippen molar-refractivity contribution in [1.29, 1.82) is 0 Å². The molecule has 1 aromatic rings. The Bertz CT molecular complexity index is 697. The summed E-state index contributed by atoms with van der Waals surface area (Å²) in [6.45, 7) is 0.297. The van der Waals surface area contributed by atoms with Crippen LogP contribution < -0.4 is 10.1 Å². The van der Waals surface area contributed by atoms with Gasteiger partial charge in [-0.3, -0.25) is 4.79 Å². The predicted octanol–water partition coefficient (Wildman–Crippen LogP) is 4.02. The zero-order valence-electron chi connectivity index (χ0n) is 14.9. The first-order valence-corrected chi connectivity index (χ1v) is 9.51. The lowest BCUT2D eigenvalue weighted by atomic mass is 9.97. The highest BCUT2D eigenvalue weighted by atomic mass is 79.9. The van der Waals surface area contributed by atoms with E-state index in [1.807, 2.05) is 12.1 Å². The van der Waals surface area contributed by atoms with Crippen molar-refractivity contribution in [3.05, 3.63) is 46.0 Å². The number of nitrogens with one attached hydrogen (secondary N) is 1. The lowest BCUT2D eigenvalue weighted by molar-refractivity contribution is -0.143. The molecule has 0 spiro atoms. The molecule has 0 unspecified atom stereocenters. The Morgan fingerprint density at radius 3 is 2.88 bits per heavy atom. The Morgan fingerprint density at radius 2 is 2.15 bits per heavy atom. The summed E-state index contributed by atoms with van der Waals surface area (Å²) >= 11 is 3.37. The molecule has 0 aliphatic heterocycles. The molecular weight excluding hydrogens is 398 g/mol. The Morgan fingerprint density at radius 1 is 1.31 bits per heavy atom. The van der Waals surface area contributed by atoms with Gasteiger partial charge in [0, 0.05) is 22.7 Å². The molecule has 0 aromatic heterocycles. The monoisotopic (exact) mass is 421 g/mol. The Kier molecular flexibility index (Phi) is 8.41. The minimum Gasteiger partial charge on any atom is -0.496 e. The van der Waals surface area contributed by atoms with Crippen LogP contribution in [0.1, 0.15) is 37.7 Å². The van der Waals surface area contributed by atoms with E-state index in [0.717, 1.165) is 29.3 Å². The summed E-state index contributed by atoms with van der Waals surface area (Å²) in [6, 6.07) is 5.47. The van der Waals surface area contributed by atoms with Gasteiger partial charge in [-0.05, 0) is 56.4 Å². The van der Waals surface area contributed by atoms with Crippen molar-refractivity contribution < 1.29 is 19.1 Å². The van der Waals surface area contributed by atoms with Gasteiger partial charge in [-0.1, -0.05) is 27.6 Å². The first-order chi connectivity index (χ1) is 12.6. The van der Waals surface area contributed by atoms with Crippen LogP contribution in [0.5, 0.6) is 5.75 Å². The molecule has 0 radical (unpaired) electrons. The number of esters is 1. The van der Waals surface area contributed by atoms with Crippen molar-refractivity contribution in [2.45, 2.75) is 32.1 Å². The Balaban J connectivity index is 1.71. The summed E-state index contributed by atoms with van der Waals surface area (Å²) in [5.41, 5.74) is 2.14. The molecular formula is C20H24BrNO4. The number of hydrogen-bond donors (Lipinski definition) is 1. The molecule has 1 aliphatic rings. The van der Waals surface area contributed by atoms with Crippen molar-refractivity contribution in [3.63, 3.8) is 0 Å². The fourth-order valence-corrected chi connectivity index (χ4v) is 3.10. The van der Waals surface area contributed by atoms with Crippen molar-refractivity contribution in [1.82, 2.24) is 5.32 Å². The predicted molar refractivity (Wildman–Crippen MR) is 105 cm³/mol. The molecule has 140 valence electrons. The summed E-state index contributed by atoms with van der Waals surface area (Å²) in [6.07, 6.45) is 10.7. The minimum atomic E-state index is -0.572. The highest BCUT2D eigenvalue weighted by molar-refractivity contribution is 9.10. The van der Waals surface area contributed by atoms with E-state index >= 15 is 0 Å². The first-order valence-electron chi connectivity index (χ1n) is 8.71. The molecule has 1 aromatic carbocycles. The average molecular weight is 422 g/mol. The molecule has 0 fully saturated rings. The van der Waals surface area contributed by atoms with Gasteiger partial charge in [-0.2, -0.15) is 0 Å². The molecule has 6 heteroatoms. The SMILES string of the molecule is COc1ccc(Br)cc1/C=C/C(=O)OCC(=O)NCCC1=CCCCC1. The van der Waals surface area contributed by atoms with Crippen molar-refractivity contribution in [3.8, 4) is 5.75 Å². The van der Waals surface area contributed by atoms with Crippen LogP contribution in [0, 0.1) is 0 Å². The van der Waals surface area contributed by atoms with Crippen LogP contribution >= 0.6 is 15.9 Å². The standard InChI is InChI=1S/C20H24BrNO4/c1-25-18-9-8-17(21)13-16(18)7-10-20(24)26-14-19(23)22-12-11-15-5-3-2-4-6-15/h5,7-10,13H,2-4,6,11-12,14H2,1H3,(H,22,23)/b10-7+. The smallest absolute Gasteiger partial charge is 0.331 e. The third kappa shape index (κ3) is 7.04. The molecule has 2 rings (SSSR count). The number of rotatable bonds is 8. The van der Waals surface area contributed by atoms with E-state index in [0.29, 0.717) is 12.3 Å². The van der Waals surface area contributed by atoms with E-state index in [4.69, 9.17) is 9.47 Å². The molecule has 5 nitrogen and oxygen atoms in total. The molecule has 0 saturated carbocycles. The zero-order valence-corrected chi connectivity index (χ0v) is 16.5. The Labute approximate surface area is 162 Å². The number of amides is 1. The van der Waals surface area contributed by atoms with Crippen LogP contribution in [0.2, 0.25) is 0 Å². The van der Waals surface area contributed by atoms with Crippen LogP contribution in [-0.2, 0) is 14.3 Å². The molecule has 26 heavy (non-hydrogen) atoms. The topological polar surface area (TPSA) is 64.6 Å². The second kappa shape index (κ2) is 10.8. The molecule has 0 heterocycles. The number of carbonyl (C=O) groups excluding carboxylic acids is 2. The van der Waals surface area contributed by atoms with Gasteiger partial charge in [0.2, 0.25) is 0 Å². The number of halogens is 1. The maximum absolute atomic E-state index is 11.8. The van der Waals surface area contributed by atoms with E-state index in [1.165, 1.54) is 24.5 Å². The number of hydrogen-bond acceptors (Lipinski definition) is 4. The number of allylic oxidation sites excluding steroid dienone is 1. The number of methoxy groups -OCH3 is 1. The second-order valence-electron chi connectivity index (χ2n) is 6.04. The van der Waals surface area contributed by atoms with Gasteiger partial charge in [0.1, 0.15) is 5.75 Å². The van der Waals surface area contributed by atoms with E-state index in [-0.39, 0.29) is 12.5 Å². The van der Waals surface area contributed by atoms with Crippen molar-refractivity contribution >= 4 is 33.9 Å². The molecule has 1 aliphatic carbocycles. The van der Waals surface area contributed by atoms with Gasteiger partial charge in [-0.25, -0.2) is 4.79 Å². The van der Waals surface area contributed by atoms with E-state index in [1.54, 1.807) is 19.3 Å². The van der Waals surface area contributed by atoms with Gasteiger partial charge in [0.15, 0.2) is 6.61 Å². The quantitative estimate of drug-likeness (QED) is 0.391. The fraction of sp³-hybridized carbons (Fsp3) is 0.400. The van der Waals surface area contributed by atoms with Gasteiger partial charge >= 0.3 is 5.97 Å². The number of ether oxygens (including phenoxy) is 2. The van der Waals surface area contributed by atoms with Crippen LogP contribution in [0.25, 0.3) is 6.08 Å². The van der Waals surface area contributed by atoms with Gasteiger partial charge in [0.05, 0.1) is 7.11 Å². The number of carbonyl (C=O) groups is 2. The molecule has 1 amide bonds. The summed E-state index contributed by atoms with van der Waals surface area (Å²) < 4.78 is 11.1. The van der Waals surface area contributed by atoms with Gasteiger partial charge in [0.25, 0.3) is 5.91 Å². The van der Waals surface area contributed by atoms with Gasteiger partial charge < -0.3 is 14.8 Å². The zero-order chi connectivity index (χ0) is 18.8. The normalized spacial score (nSPS) is 14.0. The summed E-state index contributed by atoms with van der Waals surface area (Å²) in [7, 11) is 1.56. The third-order valence-electron chi connectivity index (χ3n) is 4.09. The lowest BCUT2D eigenvalue weighted by Crippen LogP contribution is -2.29. The van der Waals surface area contributed by atoms with Crippen LogP contribution in [-0.4, -0.2) is 32.1 Å². The minimum absolute atomic E-state index is 0.280. The maximum Gasteiger partial charge on any atom is 0.331 e. The maximum atomic E-state index is 11.8. The van der Waals surface area contributed by atoms with Crippen molar-refractivity contribution in [2.24, 2.45) is 0 Å². The van der Waals surface area contributed by atoms with Crippen LogP contribution in [0.3, 0.4) is 0 Å². The fourth-order valence-electron chi connectivity index (χ4n) is 2.72.